The van der Waals surface area contributed by atoms with Crippen LogP contribution in [0.4, 0.5) is 0 Å². The maximum absolute atomic E-state index is 10.4. The molecule has 1 atom stereocenters. The number of hydrogen-bond donors (Lipinski definition) is 1. The van der Waals surface area contributed by atoms with Crippen molar-refractivity contribution < 1.29 is 14.6 Å². The molecule has 2 aromatic rings. The van der Waals surface area contributed by atoms with Crippen molar-refractivity contribution in [1.82, 2.24) is 0 Å². The Labute approximate surface area is 118 Å². The maximum atomic E-state index is 10.4. The average Bonchev–Trinajstić information content (AvgIpc) is 2.83. The van der Waals surface area contributed by atoms with Crippen LogP contribution in [0.2, 0.25) is 0 Å². The molecule has 0 aliphatic heterocycles. The fraction of sp³-hybridized carbons (Fsp3) is 0.231. The third-order valence-corrected chi connectivity index (χ3v) is 4.54. The van der Waals surface area contributed by atoms with Crippen LogP contribution in [0.15, 0.2) is 34.1 Å². The van der Waals surface area contributed by atoms with E-state index < -0.39 is 6.10 Å². The molecule has 96 valence electrons. The monoisotopic (exact) mass is 328 g/mol. The van der Waals surface area contributed by atoms with Gasteiger partial charge in [-0.15, -0.1) is 11.3 Å². The minimum atomic E-state index is -0.732. The molecule has 0 aliphatic carbocycles. The van der Waals surface area contributed by atoms with Crippen LogP contribution in [0.1, 0.15) is 16.5 Å². The standard InChI is InChI=1S/C13H13BrO3S/c1-16-10-5-3-4-8(12(10)17-2)11(15)13-9(14)6-7-18-13/h3-7,11,15H,1-2H3. The zero-order valence-electron chi connectivity index (χ0n) is 10.0. The molecule has 1 aromatic heterocycles. The summed E-state index contributed by atoms with van der Waals surface area (Å²) >= 11 is 4.92. The van der Waals surface area contributed by atoms with Gasteiger partial charge in [0.25, 0.3) is 0 Å². The van der Waals surface area contributed by atoms with E-state index in [4.69, 9.17) is 9.47 Å². The summed E-state index contributed by atoms with van der Waals surface area (Å²) in [6.45, 7) is 0. The number of thiophene rings is 1. The van der Waals surface area contributed by atoms with Crippen LogP contribution < -0.4 is 9.47 Å². The third-order valence-electron chi connectivity index (χ3n) is 2.62. The number of methoxy groups -OCH3 is 2. The average molecular weight is 329 g/mol. The van der Waals surface area contributed by atoms with E-state index in [0.717, 1.165) is 9.35 Å². The van der Waals surface area contributed by atoms with Crippen molar-refractivity contribution in [1.29, 1.82) is 0 Å². The number of hydrogen-bond acceptors (Lipinski definition) is 4. The summed E-state index contributed by atoms with van der Waals surface area (Å²) in [5, 5.41) is 12.4. The second kappa shape index (κ2) is 5.73. The lowest BCUT2D eigenvalue weighted by atomic mass is 10.1. The van der Waals surface area contributed by atoms with Crippen LogP contribution in [0.5, 0.6) is 11.5 Å². The van der Waals surface area contributed by atoms with Crippen LogP contribution in [0.3, 0.4) is 0 Å². The van der Waals surface area contributed by atoms with Gasteiger partial charge in [-0.1, -0.05) is 12.1 Å². The van der Waals surface area contributed by atoms with Crippen molar-refractivity contribution in [3.63, 3.8) is 0 Å². The molecule has 5 heteroatoms. The maximum Gasteiger partial charge on any atom is 0.166 e. The van der Waals surface area contributed by atoms with E-state index in [0.29, 0.717) is 17.1 Å². The fourth-order valence-electron chi connectivity index (χ4n) is 1.77. The number of aliphatic hydroxyl groups excluding tert-OH is 1. The van der Waals surface area contributed by atoms with Gasteiger partial charge in [0.05, 0.1) is 19.1 Å². The molecular formula is C13H13BrO3S. The van der Waals surface area contributed by atoms with Crippen molar-refractivity contribution in [2.75, 3.05) is 14.2 Å². The molecule has 0 saturated heterocycles. The zero-order valence-corrected chi connectivity index (χ0v) is 12.4. The molecule has 2 rings (SSSR count). The van der Waals surface area contributed by atoms with Crippen molar-refractivity contribution in [2.45, 2.75) is 6.10 Å². The fourth-order valence-corrected chi connectivity index (χ4v) is 3.36. The first kappa shape index (κ1) is 13.4. The van der Waals surface area contributed by atoms with Crippen molar-refractivity contribution in [2.24, 2.45) is 0 Å². The van der Waals surface area contributed by atoms with Crippen molar-refractivity contribution in [3.8, 4) is 11.5 Å². The van der Waals surface area contributed by atoms with Crippen LogP contribution >= 0.6 is 27.3 Å². The lowest BCUT2D eigenvalue weighted by Gasteiger charge is -2.16. The van der Waals surface area contributed by atoms with Crippen molar-refractivity contribution >= 4 is 27.3 Å². The quantitative estimate of drug-likeness (QED) is 0.931. The highest BCUT2D eigenvalue weighted by Crippen LogP contribution is 2.40. The Hall–Kier alpha value is -1.04. The highest BCUT2D eigenvalue weighted by molar-refractivity contribution is 9.10. The van der Waals surface area contributed by atoms with E-state index in [-0.39, 0.29) is 0 Å². The number of rotatable bonds is 4. The number of benzene rings is 1. The van der Waals surface area contributed by atoms with Gasteiger partial charge in [0, 0.05) is 10.0 Å². The second-order valence-electron chi connectivity index (χ2n) is 3.62. The molecule has 1 heterocycles. The van der Waals surface area contributed by atoms with Crippen LogP contribution in [-0.2, 0) is 0 Å². The smallest absolute Gasteiger partial charge is 0.166 e. The molecule has 0 amide bonds. The summed E-state index contributed by atoms with van der Waals surface area (Å²) in [5.41, 5.74) is 0.694. The first-order chi connectivity index (χ1) is 8.69. The molecule has 1 unspecified atom stereocenters. The molecule has 1 aromatic carbocycles. The van der Waals surface area contributed by atoms with E-state index in [2.05, 4.69) is 15.9 Å². The summed E-state index contributed by atoms with van der Waals surface area (Å²) in [7, 11) is 3.15. The highest BCUT2D eigenvalue weighted by Gasteiger charge is 2.21. The van der Waals surface area contributed by atoms with Gasteiger partial charge >= 0.3 is 0 Å². The number of aliphatic hydroxyl groups is 1. The lowest BCUT2D eigenvalue weighted by Crippen LogP contribution is -2.02. The molecule has 18 heavy (non-hydrogen) atoms. The number of ether oxygens (including phenoxy) is 2. The van der Waals surface area contributed by atoms with Gasteiger partial charge in [-0.3, -0.25) is 0 Å². The Kier molecular flexibility index (Phi) is 4.27. The van der Waals surface area contributed by atoms with E-state index in [1.807, 2.05) is 23.6 Å². The van der Waals surface area contributed by atoms with Gasteiger partial charge in [-0.2, -0.15) is 0 Å². The van der Waals surface area contributed by atoms with Crippen LogP contribution in [0.25, 0.3) is 0 Å². The number of halogens is 1. The predicted octanol–water partition coefficient (Wildman–Crippen LogP) is 3.61. The largest absolute Gasteiger partial charge is 0.493 e. The van der Waals surface area contributed by atoms with Crippen LogP contribution in [-0.4, -0.2) is 19.3 Å². The number of para-hydroxylation sites is 1. The minimum Gasteiger partial charge on any atom is -0.493 e. The van der Waals surface area contributed by atoms with Crippen molar-refractivity contribution in [3.05, 3.63) is 44.6 Å². The van der Waals surface area contributed by atoms with Gasteiger partial charge in [-0.25, -0.2) is 0 Å². The highest BCUT2D eigenvalue weighted by atomic mass is 79.9. The molecule has 0 saturated carbocycles. The normalized spacial score (nSPS) is 12.2. The third kappa shape index (κ3) is 2.39. The zero-order chi connectivity index (χ0) is 13.1. The summed E-state index contributed by atoms with van der Waals surface area (Å²) in [6, 6.07) is 7.38. The molecule has 3 nitrogen and oxygen atoms in total. The van der Waals surface area contributed by atoms with Gasteiger partial charge < -0.3 is 14.6 Å². The Morgan fingerprint density at radius 1 is 1.22 bits per heavy atom. The SMILES string of the molecule is COc1cccc(C(O)c2sccc2Br)c1OC. The first-order valence-corrected chi connectivity index (χ1v) is 6.98. The molecule has 0 aliphatic rings. The Bertz CT molecular complexity index is 539. The van der Waals surface area contributed by atoms with Gasteiger partial charge in [0.15, 0.2) is 11.5 Å². The summed E-state index contributed by atoms with van der Waals surface area (Å²) in [4.78, 5) is 0.849. The predicted molar refractivity (Wildman–Crippen MR) is 75.6 cm³/mol. The van der Waals surface area contributed by atoms with E-state index in [1.54, 1.807) is 20.3 Å². The summed E-state index contributed by atoms with van der Waals surface area (Å²) < 4.78 is 11.5. The van der Waals surface area contributed by atoms with Gasteiger partial charge in [0.2, 0.25) is 0 Å². The van der Waals surface area contributed by atoms with E-state index in [1.165, 1.54) is 11.3 Å². The van der Waals surface area contributed by atoms with Crippen LogP contribution in [0, 0.1) is 0 Å². The van der Waals surface area contributed by atoms with E-state index >= 15 is 0 Å². The summed E-state index contributed by atoms with van der Waals surface area (Å²) in [6.07, 6.45) is -0.732. The summed E-state index contributed by atoms with van der Waals surface area (Å²) in [5.74, 6) is 1.18. The Morgan fingerprint density at radius 2 is 2.00 bits per heavy atom. The minimum absolute atomic E-state index is 0.563. The van der Waals surface area contributed by atoms with Gasteiger partial charge in [0.1, 0.15) is 6.10 Å². The molecular weight excluding hydrogens is 316 g/mol. The molecule has 0 radical (unpaired) electrons. The van der Waals surface area contributed by atoms with Gasteiger partial charge in [-0.05, 0) is 33.4 Å². The molecule has 0 fully saturated rings. The Balaban J connectivity index is 2.48. The lowest BCUT2D eigenvalue weighted by molar-refractivity contribution is 0.216. The topological polar surface area (TPSA) is 38.7 Å². The first-order valence-electron chi connectivity index (χ1n) is 5.31. The van der Waals surface area contributed by atoms with E-state index in [9.17, 15) is 5.11 Å². The molecule has 1 N–H and O–H groups in total. The molecule has 0 bridgehead atoms. The second-order valence-corrected chi connectivity index (χ2v) is 5.42. The Morgan fingerprint density at radius 3 is 2.56 bits per heavy atom. The molecule has 0 spiro atoms.